The van der Waals surface area contributed by atoms with Crippen molar-refractivity contribution in [3.05, 3.63) is 25.3 Å². The van der Waals surface area contributed by atoms with Crippen LogP contribution in [0.15, 0.2) is 25.3 Å². The number of anilines is 2. The van der Waals surface area contributed by atoms with Gasteiger partial charge in [0.2, 0.25) is 0 Å². The Morgan fingerprint density at radius 3 is 2.24 bits per heavy atom. The van der Waals surface area contributed by atoms with E-state index in [9.17, 15) is 9.46 Å². The van der Waals surface area contributed by atoms with Crippen LogP contribution >= 0.6 is 25.8 Å². The molecular formula is C21H23F2N10O8P2S2-. The summed E-state index contributed by atoms with van der Waals surface area (Å²) < 4.78 is 82.1. The first-order valence-corrected chi connectivity index (χ1v) is 18.3. The predicted octanol–water partition coefficient (Wildman–Crippen LogP) is 1.13. The molecule has 0 bridgehead atoms. The molecule has 0 radical (unpaired) electrons. The zero-order valence-electron chi connectivity index (χ0n) is 22.8. The molecule has 45 heavy (non-hydrogen) atoms. The lowest BCUT2D eigenvalue weighted by atomic mass is 9.98. The van der Waals surface area contributed by atoms with Gasteiger partial charge >= 0.3 is 6.80 Å². The summed E-state index contributed by atoms with van der Waals surface area (Å²) in [6.45, 7) is -9.21. The van der Waals surface area contributed by atoms with Crippen molar-refractivity contribution in [1.82, 2.24) is 39.0 Å². The van der Waals surface area contributed by atoms with E-state index < -0.39 is 75.4 Å². The topological polar surface area (TPSA) is 235 Å². The molecule has 242 valence electrons. The van der Waals surface area contributed by atoms with Crippen molar-refractivity contribution in [2.45, 2.75) is 55.6 Å². The second-order valence-corrected chi connectivity index (χ2v) is 16.0. The molecule has 10 atom stereocenters. The number of alkyl halides is 2. The number of nitrogen functional groups attached to an aromatic ring is 2. The number of rotatable bonds is 2. The molecule has 18 nitrogen and oxygen atoms in total. The van der Waals surface area contributed by atoms with Crippen LogP contribution in [-0.2, 0) is 43.9 Å². The molecule has 4 aromatic rings. The van der Waals surface area contributed by atoms with Crippen LogP contribution in [-0.4, -0.2) is 88.5 Å². The van der Waals surface area contributed by atoms with Crippen LogP contribution in [0.25, 0.3) is 22.3 Å². The highest BCUT2D eigenvalue weighted by molar-refractivity contribution is 8.44. The summed E-state index contributed by atoms with van der Waals surface area (Å²) >= 11 is 9.10. The highest BCUT2D eigenvalue weighted by atomic mass is 32.7. The molecule has 0 aromatic carbocycles. The van der Waals surface area contributed by atoms with Gasteiger partial charge in [0.1, 0.15) is 54.8 Å². The highest BCUT2D eigenvalue weighted by Crippen LogP contribution is 2.59. The third-order valence-corrected chi connectivity index (χ3v) is 10.7. The first kappa shape index (κ1) is 31.1. The van der Waals surface area contributed by atoms with E-state index in [1.807, 2.05) is 0 Å². The zero-order valence-corrected chi connectivity index (χ0v) is 26.3. The van der Waals surface area contributed by atoms with E-state index in [1.165, 1.54) is 21.8 Å². The van der Waals surface area contributed by atoms with E-state index >= 15 is 8.78 Å². The van der Waals surface area contributed by atoms with Crippen molar-refractivity contribution < 1.29 is 45.8 Å². The molecule has 0 spiro atoms. The molecule has 4 aromatic heterocycles. The zero-order chi connectivity index (χ0) is 31.9. The third-order valence-electron chi connectivity index (χ3n) is 7.54. The first-order chi connectivity index (χ1) is 21.3. The number of aromatic nitrogens is 8. The maximum absolute atomic E-state index is 16.6. The van der Waals surface area contributed by atoms with E-state index in [-0.39, 0.29) is 34.0 Å². The van der Waals surface area contributed by atoms with Crippen molar-refractivity contribution in [3.63, 3.8) is 0 Å². The molecule has 0 aliphatic carbocycles. The van der Waals surface area contributed by atoms with Gasteiger partial charge in [0, 0.05) is 0 Å². The Kier molecular flexibility index (Phi) is 7.64. The Balaban J connectivity index is 1.19. The fourth-order valence-electron chi connectivity index (χ4n) is 5.47. The maximum atomic E-state index is 16.6. The molecule has 0 amide bonds. The number of fused-ring (bicyclic) bond motifs is 4. The summed E-state index contributed by atoms with van der Waals surface area (Å²) in [6.07, 6.45) is -6.38. The van der Waals surface area contributed by atoms with Gasteiger partial charge < -0.3 is 34.9 Å². The number of ether oxygens (including phenoxy) is 2. The number of halogens is 2. The summed E-state index contributed by atoms with van der Waals surface area (Å²) in [6, 6.07) is 0. The Labute approximate surface area is 261 Å². The Morgan fingerprint density at radius 1 is 0.978 bits per heavy atom. The Hall–Kier alpha value is -2.49. The van der Waals surface area contributed by atoms with Gasteiger partial charge in [0.15, 0.2) is 47.2 Å². The van der Waals surface area contributed by atoms with Crippen molar-refractivity contribution in [1.29, 1.82) is 0 Å². The number of hydrogen-bond donors (Lipinski definition) is 3. The minimum atomic E-state index is -4.54. The molecule has 0 saturated carbocycles. The predicted molar refractivity (Wildman–Crippen MR) is 154 cm³/mol. The second kappa shape index (κ2) is 11.1. The summed E-state index contributed by atoms with van der Waals surface area (Å²) in [5, 5.41) is 0. The lowest BCUT2D eigenvalue weighted by molar-refractivity contribution is -0.219. The summed E-state index contributed by atoms with van der Waals surface area (Å²) in [5.41, 5.74) is 9.83. The molecule has 7 rings (SSSR count). The number of nitrogens with zero attached hydrogens (tertiary/aromatic N) is 8. The summed E-state index contributed by atoms with van der Waals surface area (Å²) in [5.74, 6) is 0.0870. The molecule has 3 saturated heterocycles. The largest absolute Gasteiger partial charge is 0.780 e. The molecule has 4 N–H and O–H groups in total. The standard InChI is InChI=1S/C21H24F2N10O8P2S2/c1-21(23)14-9(39-20(21)33-7-31-12-16(25)27-5-29-18(12)33)3-37-42(34,44)40-13-8(2-36-43(35,45)41-14)38-19(10(13)22)32-6-30-11-15(24)26-4-28-17(11)32/h4-10,13-14,19-20H,2-3H2,1H3,(H,34,44)(H,35,45)(H2,24,26,28)(H2,25,27,29)/p-1/t8-,9-,10-,13-,14-,19-,20-,21-,42?,43?/m1/s1. The number of hydrogen-bond acceptors (Lipinski definition) is 17. The minimum absolute atomic E-state index is 0.0415. The smallest absolute Gasteiger partial charge is 0.386 e. The highest BCUT2D eigenvalue weighted by Gasteiger charge is 2.59. The normalized spacial score (nSPS) is 39.4. The van der Waals surface area contributed by atoms with Crippen LogP contribution in [0.4, 0.5) is 20.4 Å². The van der Waals surface area contributed by atoms with Gasteiger partial charge in [0.05, 0.1) is 25.9 Å². The Morgan fingerprint density at radius 2 is 1.58 bits per heavy atom. The van der Waals surface area contributed by atoms with Crippen LogP contribution in [0.3, 0.4) is 0 Å². The van der Waals surface area contributed by atoms with E-state index in [0.29, 0.717) is 0 Å². The van der Waals surface area contributed by atoms with E-state index in [2.05, 4.69) is 42.2 Å². The number of thiol groups is 1. The Bertz CT molecular complexity index is 1890. The first-order valence-electron chi connectivity index (χ1n) is 13.1. The number of nitrogens with two attached hydrogens (primary N) is 2. The molecular weight excluding hydrogens is 684 g/mol. The van der Waals surface area contributed by atoms with Crippen LogP contribution in [0.1, 0.15) is 19.4 Å². The van der Waals surface area contributed by atoms with Crippen molar-refractivity contribution in [2.75, 3.05) is 24.7 Å². The summed E-state index contributed by atoms with van der Waals surface area (Å²) in [4.78, 5) is 37.5. The van der Waals surface area contributed by atoms with Gasteiger partial charge in [-0.1, -0.05) is 24.1 Å². The third kappa shape index (κ3) is 5.40. The van der Waals surface area contributed by atoms with Crippen LogP contribution < -0.4 is 16.4 Å². The molecule has 3 aliphatic rings. The van der Waals surface area contributed by atoms with Crippen LogP contribution in [0, 0.1) is 0 Å². The molecule has 2 unspecified atom stereocenters. The molecule has 24 heteroatoms. The lowest BCUT2D eigenvalue weighted by Gasteiger charge is -2.37. The average molecular weight is 708 g/mol. The van der Waals surface area contributed by atoms with Gasteiger partial charge in [-0.2, -0.15) is 0 Å². The molecule has 3 fully saturated rings. The van der Waals surface area contributed by atoms with Gasteiger partial charge in [-0.25, -0.2) is 43.2 Å². The molecule has 3 aliphatic heterocycles. The number of imidazole rings is 2. The quantitative estimate of drug-likeness (QED) is 0.196. The molecule has 7 heterocycles. The minimum Gasteiger partial charge on any atom is -0.780 e. The lowest BCUT2D eigenvalue weighted by Crippen LogP contribution is -2.43. The van der Waals surface area contributed by atoms with Crippen molar-refractivity contribution >= 4 is 71.5 Å². The fourth-order valence-corrected chi connectivity index (χ4v) is 8.42. The van der Waals surface area contributed by atoms with Gasteiger partial charge in [0.25, 0.3) is 0 Å². The van der Waals surface area contributed by atoms with E-state index in [4.69, 9.17) is 50.8 Å². The van der Waals surface area contributed by atoms with Crippen molar-refractivity contribution in [3.8, 4) is 0 Å². The van der Waals surface area contributed by atoms with Crippen LogP contribution in [0.5, 0.6) is 0 Å². The van der Waals surface area contributed by atoms with Crippen LogP contribution in [0.2, 0.25) is 0 Å². The van der Waals surface area contributed by atoms with Gasteiger partial charge in [-0.15, -0.1) is 0 Å². The second-order valence-electron chi connectivity index (χ2n) is 10.5. The summed E-state index contributed by atoms with van der Waals surface area (Å²) in [7, 11) is 0. The van der Waals surface area contributed by atoms with E-state index in [1.54, 1.807) is 0 Å². The monoisotopic (exact) mass is 707 g/mol. The average Bonchev–Trinajstić information content (AvgIpc) is 3.72. The van der Waals surface area contributed by atoms with Crippen molar-refractivity contribution in [2.24, 2.45) is 0 Å². The SMILES string of the molecule is C[C@@]1(F)[C@@H]2OP([O-])(=S)OC[C@H]3O[C@@H](n4cnc5c(N)ncnc54)[C@H](F)[C@@H]3OP(=O)(S)OC[C@H]2O[C@H]1n1cnc2c(N)ncnc21. The van der Waals surface area contributed by atoms with Gasteiger partial charge in [-0.05, 0) is 6.92 Å². The fraction of sp³-hybridized carbons (Fsp3) is 0.524. The maximum Gasteiger partial charge on any atom is 0.386 e. The van der Waals surface area contributed by atoms with Gasteiger partial charge in [-0.3, -0.25) is 18.2 Å². The van der Waals surface area contributed by atoms with E-state index in [0.717, 1.165) is 19.6 Å².